The standard InChI is InChI=1S/C25H28N2O2S/c1-17-9-8-12-20(18(17)2)26-24(28)16-27-21-13-6-7-14-22(21)30-23(25(27)29)15-19-10-4-3-5-11-19/h3-7,10-11,13-15,17-18,20H,8-9,12,16H2,1-2H3,(H,26,28)/b23-15-. The molecule has 1 fully saturated rings. The number of carbonyl (C=O) groups is 2. The van der Waals surface area contributed by atoms with E-state index >= 15 is 0 Å². The van der Waals surface area contributed by atoms with E-state index in [9.17, 15) is 9.59 Å². The van der Waals surface area contributed by atoms with E-state index in [0.717, 1.165) is 29.0 Å². The van der Waals surface area contributed by atoms with Crippen LogP contribution >= 0.6 is 11.8 Å². The summed E-state index contributed by atoms with van der Waals surface area (Å²) in [5.74, 6) is 0.854. The summed E-state index contributed by atoms with van der Waals surface area (Å²) in [4.78, 5) is 29.5. The van der Waals surface area contributed by atoms with Crippen LogP contribution in [0, 0.1) is 11.8 Å². The number of benzene rings is 2. The van der Waals surface area contributed by atoms with Gasteiger partial charge in [-0.2, -0.15) is 0 Å². The maximum atomic E-state index is 13.3. The highest BCUT2D eigenvalue weighted by Gasteiger charge is 2.32. The van der Waals surface area contributed by atoms with Crippen molar-refractivity contribution in [1.82, 2.24) is 5.32 Å². The Balaban J connectivity index is 1.55. The summed E-state index contributed by atoms with van der Waals surface area (Å²) in [6, 6.07) is 17.8. The Morgan fingerprint density at radius 1 is 1.10 bits per heavy atom. The molecule has 1 heterocycles. The Morgan fingerprint density at radius 2 is 1.83 bits per heavy atom. The average Bonchev–Trinajstić information content (AvgIpc) is 2.75. The molecule has 2 aliphatic rings. The minimum absolute atomic E-state index is 0.0418. The van der Waals surface area contributed by atoms with Crippen molar-refractivity contribution in [2.24, 2.45) is 11.8 Å². The number of anilines is 1. The molecule has 4 rings (SSSR count). The number of rotatable bonds is 4. The van der Waals surface area contributed by atoms with Crippen molar-refractivity contribution in [3.63, 3.8) is 0 Å². The van der Waals surface area contributed by atoms with Gasteiger partial charge in [-0.25, -0.2) is 0 Å². The SMILES string of the molecule is CC1CCCC(NC(=O)CN2C(=O)/C(=C/c3ccccc3)Sc3ccccc32)C1C. The van der Waals surface area contributed by atoms with Crippen molar-refractivity contribution in [3.05, 3.63) is 65.1 Å². The molecule has 1 N–H and O–H groups in total. The molecular weight excluding hydrogens is 392 g/mol. The van der Waals surface area contributed by atoms with Crippen LogP contribution < -0.4 is 10.2 Å². The van der Waals surface area contributed by atoms with Crippen molar-refractivity contribution in [3.8, 4) is 0 Å². The van der Waals surface area contributed by atoms with Crippen LogP contribution in [0.1, 0.15) is 38.7 Å². The first-order chi connectivity index (χ1) is 14.5. The fourth-order valence-electron chi connectivity index (χ4n) is 4.30. The van der Waals surface area contributed by atoms with Crippen molar-refractivity contribution in [2.45, 2.75) is 44.0 Å². The first kappa shape index (κ1) is 20.7. The van der Waals surface area contributed by atoms with Gasteiger partial charge in [0.1, 0.15) is 6.54 Å². The first-order valence-electron chi connectivity index (χ1n) is 10.7. The molecule has 0 spiro atoms. The molecule has 5 heteroatoms. The number of hydrogen-bond acceptors (Lipinski definition) is 3. The third-order valence-electron chi connectivity index (χ3n) is 6.28. The van der Waals surface area contributed by atoms with Crippen molar-refractivity contribution < 1.29 is 9.59 Å². The summed E-state index contributed by atoms with van der Waals surface area (Å²) < 4.78 is 0. The second-order valence-corrected chi connectivity index (χ2v) is 9.41. The first-order valence-corrected chi connectivity index (χ1v) is 11.5. The van der Waals surface area contributed by atoms with Crippen molar-refractivity contribution >= 4 is 35.3 Å². The predicted molar refractivity (Wildman–Crippen MR) is 123 cm³/mol. The van der Waals surface area contributed by atoms with Gasteiger partial charge >= 0.3 is 0 Å². The number of hydrogen-bond donors (Lipinski definition) is 1. The molecule has 3 unspecified atom stereocenters. The van der Waals surface area contributed by atoms with Gasteiger partial charge in [-0.15, -0.1) is 0 Å². The van der Waals surface area contributed by atoms with Crippen LogP contribution in [0.25, 0.3) is 6.08 Å². The molecule has 1 saturated carbocycles. The number of nitrogens with one attached hydrogen (secondary N) is 1. The summed E-state index contributed by atoms with van der Waals surface area (Å²) in [6.45, 7) is 4.51. The maximum Gasteiger partial charge on any atom is 0.265 e. The van der Waals surface area contributed by atoms with E-state index < -0.39 is 0 Å². The number of thioether (sulfide) groups is 1. The van der Waals surface area contributed by atoms with Crippen LogP contribution in [0.3, 0.4) is 0 Å². The molecule has 0 bridgehead atoms. The molecule has 156 valence electrons. The molecule has 2 aromatic rings. The predicted octanol–water partition coefficient (Wildman–Crippen LogP) is 5.11. The molecular formula is C25H28N2O2S. The highest BCUT2D eigenvalue weighted by atomic mass is 32.2. The number of nitrogens with zero attached hydrogens (tertiary/aromatic N) is 1. The van der Waals surface area contributed by atoms with E-state index in [1.807, 2.05) is 60.7 Å². The zero-order chi connectivity index (χ0) is 21.1. The minimum atomic E-state index is -0.122. The van der Waals surface area contributed by atoms with Gasteiger partial charge < -0.3 is 5.32 Å². The van der Waals surface area contributed by atoms with E-state index in [1.54, 1.807) is 4.90 Å². The lowest BCUT2D eigenvalue weighted by molar-refractivity contribution is -0.123. The van der Waals surface area contributed by atoms with Crippen molar-refractivity contribution in [1.29, 1.82) is 0 Å². The summed E-state index contributed by atoms with van der Waals surface area (Å²) in [6.07, 6.45) is 5.27. The van der Waals surface area contributed by atoms with E-state index in [1.165, 1.54) is 18.2 Å². The fraction of sp³-hybridized carbons (Fsp3) is 0.360. The third kappa shape index (κ3) is 4.46. The molecule has 1 aliphatic carbocycles. The van der Waals surface area contributed by atoms with Gasteiger partial charge in [-0.05, 0) is 42.0 Å². The number of amides is 2. The van der Waals surface area contributed by atoms with Crippen LogP contribution in [-0.4, -0.2) is 24.4 Å². The van der Waals surface area contributed by atoms with E-state index in [4.69, 9.17) is 0 Å². The number of fused-ring (bicyclic) bond motifs is 1. The van der Waals surface area contributed by atoms with Gasteiger partial charge in [-0.3, -0.25) is 14.5 Å². The second kappa shape index (κ2) is 9.09. The van der Waals surface area contributed by atoms with Gasteiger partial charge in [0, 0.05) is 10.9 Å². The Hall–Kier alpha value is -2.53. The molecule has 3 atom stereocenters. The van der Waals surface area contributed by atoms with E-state index in [-0.39, 0.29) is 24.4 Å². The molecule has 2 aromatic carbocycles. The summed E-state index contributed by atoms with van der Waals surface area (Å²) >= 11 is 1.47. The summed E-state index contributed by atoms with van der Waals surface area (Å²) in [7, 11) is 0. The Morgan fingerprint density at radius 3 is 2.63 bits per heavy atom. The van der Waals surface area contributed by atoms with Gasteiger partial charge in [0.15, 0.2) is 0 Å². The number of para-hydroxylation sites is 1. The Kier molecular flexibility index (Phi) is 6.28. The quantitative estimate of drug-likeness (QED) is 0.700. The lowest BCUT2D eigenvalue weighted by Gasteiger charge is -2.35. The lowest BCUT2D eigenvalue weighted by Crippen LogP contribution is -2.49. The molecule has 1 aliphatic heterocycles. The second-order valence-electron chi connectivity index (χ2n) is 8.32. The zero-order valence-electron chi connectivity index (χ0n) is 17.5. The third-order valence-corrected chi connectivity index (χ3v) is 7.36. The summed E-state index contributed by atoms with van der Waals surface area (Å²) in [5, 5.41) is 3.20. The smallest absolute Gasteiger partial charge is 0.265 e. The van der Waals surface area contributed by atoms with Crippen LogP contribution in [-0.2, 0) is 9.59 Å². The highest BCUT2D eigenvalue weighted by molar-refractivity contribution is 8.04. The van der Waals surface area contributed by atoms with Crippen LogP contribution in [0.5, 0.6) is 0 Å². The molecule has 0 radical (unpaired) electrons. The zero-order valence-corrected chi connectivity index (χ0v) is 18.3. The van der Waals surface area contributed by atoms with Crippen LogP contribution in [0.15, 0.2) is 64.4 Å². The van der Waals surface area contributed by atoms with Gasteiger partial charge in [0.05, 0.1) is 10.6 Å². The minimum Gasteiger partial charge on any atom is -0.352 e. The molecule has 2 amide bonds. The average molecular weight is 421 g/mol. The number of carbonyl (C=O) groups excluding carboxylic acids is 2. The van der Waals surface area contributed by atoms with Gasteiger partial charge in [0.2, 0.25) is 5.91 Å². The Labute approximate surface area is 182 Å². The molecule has 30 heavy (non-hydrogen) atoms. The fourth-order valence-corrected chi connectivity index (χ4v) is 5.36. The largest absolute Gasteiger partial charge is 0.352 e. The molecule has 4 nitrogen and oxygen atoms in total. The monoisotopic (exact) mass is 420 g/mol. The highest BCUT2D eigenvalue weighted by Crippen LogP contribution is 2.42. The molecule has 0 aromatic heterocycles. The van der Waals surface area contributed by atoms with Gasteiger partial charge in [-0.1, -0.05) is 80.9 Å². The summed E-state index contributed by atoms with van der Waals surface area (Å²) in [5.41, 5.74) is 1.78. The topological polar surface area (TPSA) is 49.4 Å². The normalized spacial score (nSPS) is 25.1. The van der Waals surface area contributed by atoms with E-state index in [2.05, 4.69) is 19.2 Å². The maximum absolute atomic E-state index is 13.3. The van der Waals surface area contributed by atoms with Crippen LogP contribution in [0.4, 0.5) is 5.69 Å². The van der Waals surface area contributed by atoms with Crippen LogP contribution in [0.2, 0.25) is 0 Å². The van der Waals surface area contributed by atoms with Crippen molar-refractivity contribution in [2.75, 3.05) is 11.4 Å². The van der Waals surface area contributed by atoms with E-state index in [0.29, 0.717) is 16.7 Å². The lowest BCUT2D eigenvalue weighted by atomic mass is 9.78. The molecule has 0 saturated heterocycles. The van der Waals surface area contributed by atoms with Gasteiger partial charge in [0.25, 0.3) is 5.91 Å². The Bertz CT molecular complexity index is 957.